The lowest BCUT2D eigenvalue weighted by atomic mass is 9.91. The number of hydrogen-bond donors (Lipinski definition) is 2. The van der Waals surface area contributed by atoms with Crippen molar-refractivity contribution in [1.29, 1.82) is 0 Å². The number of amides is 3. The number of thiazole rings is 1. The number of aryl methyl sites for hydroxylation is 1. The summed E-state index contributed by atoms with van der Waals surface area (Å²) in [5.41, 5.74) is 8.66. The van der Waals surface area contributed by atoms with E-state index in [1.807, 2.05) is 31.3 Å². The first kappa shape index (κ1) is 23.3. The van der Waals surface area contributed by atoms with Crippen molar-refractivity contribution in [3.05, 3.63) is 59.5 Å². The maximum absolute atomic E-state index is 12.9. The molecule has 0 spiro atoms. The smallest absolute Gasteiger partial charge is 0.324 e. The van der Waals surface area contributed by atoms with Crippen molar-refractivity contribution in [2.24, 2.45) is 5.73 Å². The number of pyridine rings is 1. The number of urea groups is 1. The highest BCUT2D eigenvalue weighted by molar-refractivity contribution is 7.19. The highest BCUT2D eigenvalue weighted by Gasteiger charge is 2.47. The Labute approximate surface area is 208 Å². The molecule has 3 amide bonds. The van der Waals surface area contributed by atoms with Gasteiger partial charge in [0, 0.05) is 18.2 Å². The molecule has 1 aliphatic heterocycles. The van der Waals surface area contributed by atoms with Crippen molar-refractivity contribution in [1.82, 2.24) is 14.9 Å². The number of benzene rings is 1. The van der Waals surface area contributed by atoms with Crippen LogP contribution in [0.3, 0.4) is 0 Å². The standard InChI is InChI=1S/C26H29N5O3S/c1-16-21(35-23(29-16)30-24(33)31-14-4-10-25(31,2)22(27)32)17-9-13-28-20(15-17)26(11-12-26)18-5-7-19(34-3)8-6-18/h5-9,13,15H,4,10-12,14H2,1-3H3,(H2,27,32)(H,29,30,33)/t25-/m0/s1. The number of carbonyl (C=O) groups is 2. The van der Waals surface area contributed by atoms with Gasteiger partial charge in [-0.25, -0.2) is 9.78 Å². The molecule has 3 heterocycles. The van der Waals surface area contributed by atoms with Crippen molar-refractivity contribution in [3.8, 4) is 16.2 Å². The van der Waals surface area contributed by atoms with Crippen molar-refractivity contribution in [2.75, 3.05) is 19.0 Å². The van der Waals surface area contributed by atoms with Crippen LogP contribution in [-0.2, 0) is 10.2 Å². The van der Waals surface area contributed by atoms with Gasteiger partial charge in [0.2, 0.25) is 5.91 Å². The summed E-state index contributed by atoms with van der Waals surface area (Å²) in [4.78, 5) is 36.7. The second kappa shape index (κ2) is 8.64. The molecule has 2 aliphatic rings. The second-order valence-electron chi connectivity index (χ2n) is 9.50. The Hall–Kier alpha value is -3.46. The van der Waals surface area contributed by atoms with Crippen molar-refractivity contribution >= 4 is 28.4 Å². The molecule has 35 heavy (non-hydrogen) atoms. The molecule has 9 heteroatoms. The van der Waals surface area contributed by atoms with Crippen LogP contribution in [0, 0.1) is 6.92 Å². The van der Waals surface area contributed by atoms with Crippen LogP contribution in [0.15, 0.2) is 42.6 Å². The van der Waals surface area contributed by atoms with E-state index in [0.29, 0.717) is 18.1 Å². The third-order valence-corrected chi connectivity index (χ3v) is 8.45. The van der Waals surface area contributed by atoms with E-state index in [9.17, 15) is 9.59 Å². The van der Waals surface area contributed by atoms with Crippen LogP contribution in [0.2, 0.25) is 0 Å². The van der Waals surface area contributed by atoms with Crippen molar-refractivity contribution in [3.63, 3.8) is 0 Å². The predicted octanol–water partition coefficient (Wildman–Crippen LogP) is 4.47. The number of nitrogens with one attached hydrogen (secondary N) is 1. The molecule has 1 saturated heterocycles. The lowest BCUT2D eigenvalue weighted by molar-refractivity contribution is -0.126. The Morgan fingerprint density at radius 2 is 1.91 bits per heavy atom. The topological polar surface area (TPSA) is 110 Å². The largest absolute Gasteiger partial charge is 0.497 e. The zero-order valence-corrected chi connectivity index (χ0v) is 20.9. The molecule has 2 fully saturated rings. The first-order chi connectivity index (χ1) is 16.8. The summed E-state index contributed by atoms with van der Waals surface area (Å²) in [6.07, 6.45) is 5.24. The monoisotopic (exact) mass is 491 g/mol. The van der Waals surface area contributed by atoms with Gasteiger partial charge in [-0.05, 0) is 74.9 Å². The molecule has 0 radical (unpaired) electrons. The first-order valence-electron chi connectivity index (χ1n) is 11.7. The van der Waals surface area contributed by atoms with Crippen molar-refractivity contribution < 1.29 is 14.3 Å². The summed E-state index contributed by atoms with van der Waals surface area (Å²) < 4.78 is 5.31. The molecule has 0 unspecified atom stereocenters. The third kappa shape index (κ3) is 4.03. The van der Waals surface area contributed by atoms with Gasteiger partial charge in [-0.1, -0.05) is 23.5 Å². The number of likely N-dealkylation sites (tertiary alicyclic amines) is 1. The van der Waals surface area contributed by atoms with Crippen LogP contribution in [0.4, 0.5) is 9.93 Å². The Bertz CT molecular complexity index is 1280. The molecular formula is C26H29N5O3S. The number of rotatable bonds is 6. The lowest BCUT2D eigenvalue weighted by Crippen LogP contribution is -2.55. The van der Waals surface area contributed by atoms with Gasteiger partial charge in [-0.15, -0.1) is 0 Å². The number of nitrogens with two attached hydrogens (primary N) is 1. The van der Waals surface area contributed by atoms with E-state index in [1.165, 1.54) is 21.8 Å². The second-order valence-corrected chi connectivity index (χ2v) is 10.5. The molecule has 182 valence electrons. The molecule has 1 atom stereocenters. The summed E-state index contributed by atoms with van der Waals surface area (Å²) in [7, 11) is 1.67. The van der Waals surface area contributed by atoms with Gasteiger partial charge in [0.05, 0.1) is 23.4 Å². The Morgan fingerprint density at radius 3 is 2.57 bits per heavy atom. The quantitative estimate of drug-likeness (QED) is 0.528. The maximum Gasteiger partial charge on any atom is 0.324 e. The molecule has 0 bridgehead atoms. The minimum absolute atomic E-state index is 0.0765. The number of anilines is 1. The van der Waals surface area contributed by atoms with Gasteiger partial charge in [-0.3, -0.25) is 15.1 Å². The maximum atomic E-state index is 12.9. The van der Waals surface area contributed by atoms with E-state index in [2.05, 4.69) is 28.5 Å². The fourth-order valence-corrected chi connectivity index (χ4v) is 5.94. The van der Waals surface area contributed by atoms with Crippen LogP contribution in [0.25, 0.3) is 10.4 Å². The van der Waals surface area contributed by atoms with Crippen LogP contribution < -0.4 is 15.8 Å². The molecule has 3 N–H and O–H groups in total. The zero-order valence-electron chi connectivity index (χ0n) is 20.1. The summed E-state index contributed by atoms with van der Waals surface area (Å²) in [5, 5.41) is 3.37. The fraction of sp³-hybridized carbons (Fsp3) is 0.385. The molecule has 5 rings (SSSR count). The Morgan fingerprint density at radius 1 is 1.17 bits per heavy atom. The number of nitrogens with zero attached hydrogens (tertiary/aromatic N) is 3. The number of ether oxygens (including phenoxy) is 1. The minimum Gasteiger partial charge on any atom is -0.497 e. The molecular weight excluding hydrogens is 462 g/mol. The third-order valence-electron chi connectivity index (χ3n) is 7.33. The van der Waals surface area contributed by atoms with E-state index >= 15 is 0 Å². The fourth-order valence-electron chi connectivity index (χ4n) is 4.98. The zero-order chi connectivity index (χ0) is 24.8. The first-order valence-corrected chi connectivity index (χ1v) is 12.6. The molecule has 8 nitrogen and oxygen atoms in total. The van der Waals surface area contributed by atoms with Gasteiger partial charge >= 0.3 is 6.03 Å². The number of methoxy groups -OCH3 is 1. The number of aromatic nitrogens is 2. The van der Waals surface area contributed by atoms with Gasteiger partial charge in [0.1, 0.15) is 11.3 Å². The SMILES string of the molecule is COc1ccc(C2(c3cc(-c4sc(NC(=O)N5CCC[C@@]5(C)C(N)=O)nc4C)ccn3)CC2)cc1. The van der Waals surface area contributed by atoms with E-state index in [0.717, 1.165) is 46.8 Å². The normalized spacial score (nSPS) is 20.5. The van der Waals surface area contributed by atoms with E-state index in [4.69, 9.17) is 15.5 Å². The van der Waals surface area contributed by atoms with E-state index in [-0.39, 0.29) is 11.4 Å². The average Bonchev–Trinajstić information content (AvgIpc) is 3.45. The average molecular weight is 492 g/mol. The number of carbonyl (C=O) groups excluding carboxylic acids is 2. The van der Waals surface area contributed by atoms with Gasteiger partial charge in [0.15, 0.2) is 5.13 Å². The predicted molar refractivity (Wildman–Crippen MR) is 136 cm³/mol. The highest BCUT2D eigenvalue weighted by Crippen LogP contribution is 2.53. The molecule has 3 aromatic rings. The van der Waals surface area contributed by atoms with Gasteiger partial charge < -0.3 is 15.4 Å². The molecule has 2 aromatic heterocycles. The van der Waals surface area contributed by atoms with Gasteiger partial charge in [0.25, 0.3) is 0 Å². The van der Waals surface area contributed by atoms with Crippen LogP contribution >= 0.6 is 11.3 Å². The molecule has 1 saturated carbocycles. The Kier molecular flexibility index (Phi) is 5.75. The summed E-state index contributed by atoms with van der Waals surface area (Å²) in [5.74, 6) is 0.350. The summed E-state index contributed by atoms with van der Waals surface area (Å²) in [6, 6.07) is 12.0. The Balaban J connectivity index is 1.38. The summed E-state index contributed by atoms with van der Waals surface area (Å²) >= 11 is 1.42. The minimum atomic E-state index is -0.973. The molecule has 1 aliphatic carbocycles. The van der Waals surface area contributed by atoms with Gasteiger partial charge in [-0.2, -0.15) is 0 Å². The van der Waals surface area contributed by atoms with Crippen molar-refractivity contribution in [2.45, 2.75) is 50.5 Å². The number of hydrogen-bond acceptors (Lipinski definition) is 6. The van der Waals surface area contributed by atoms with E-state index in [1.54, 1.807) is 14.0 Å². The van der Waals surface area contributed by atoms with Crippen LogP contribution in [0.5, 0.6) is 5.75 Å². The van der Waals surface area contributed by atoms with E-state index < -0.39 is 11.4 Å². The highest BCUT2D eigenvalue weighted by atomic mass is 32.1. The van der Waals surface area contributed by atoms with Crippen LogP contribution in [-0.4, -0.2) is 46.0 Å². The number of primary amides is 1. The summed E-state index contributed by atoms with van der Waals surface area (Å²) in [6.45, 7) is 4.14. The van der Waals surface area contributed by atoms with Crippen LogP contribution in [0.1, 0.15) is 49.6 Å². The lowest BCUT2D eigenvalue weighted by Gasteiger charge is -2.31. The molecule has 1 aromatic carbocycles.